The number of rotatable bonds is 9. The molecule has 2 aliphatic rings. The van der Waals surface area contributed by atoms with Gasteiger partial charge in [0.1, 0.15) is 0 Å². The number of fused-ring (bicyclic) bond motifs is 1. The molecule has 4 aromatic rings. The summed E-state index contributed by atoms with van der Waals surface area (Å²) in [7, 11) is -3.20. The van der Waals surface area contributed by atoms with E-state index in [-0.39, 0.29) is 11.9 Å². The van der Waals surface area contributed by atoms with Crippen molar-refractivity contribution in [1.29, 1.82) is 0 Å². The third-order valence-corrected chi connectivity index (χ3v) is 11.5. The molecule has 1 heterocycles. The van der Waals surface area contributed by atoms with Crippen molar-refractivity contribution in [2.24, 2.45) is 5.92 Å². The number of benzene rings is 4. The van der Waals surface area contributed by atoms with E-state index in [0.29, 0.717) is 26.4 Å². The van der Waals surface area contributed by atoms with Crippen LogP contribution in [0.1, 0.15) is 54.4 Å². The number of hydrogen-bond donors (Lipinski definition) is 1. The number of amides is 1. The van der Waals surface area contributed by atoms with E-state index in [0.717, 1.165) is 92.4 Å². The Morgan fingerprint density at radius 1 is 0.833 bits per heavy atom. The Balaban J connectivity index is 1.06. The fraction of sp³-hybridized carbons (Fsp3) is 0.325. The number of carbonyl (C=O) groups is 1. The second kappa shape index (κ2) is 15.4. The van der Waals surface area contributed by atoms with Crippen LogP contribution in [0.2, 0.25) is 10.0 Å². The molecule has 4 aromatic carbocycles. The molecular weight excluding hydrogens is 659 g/mol. The van der Waals surface area contributed by atoms with Gasteiger partial charge in [-0.05, 0) is 121 Å². The first-order valence-electron chi connectivity index (χ1n) is 16.8. The third kappa shape index (κ3) is 8.78. The highest BCUT2D eigenvalue weighted by Crippen LogP contribution is 2.31. The number of halogens is 2. The van der Waals surface area contributed by atoms with E-state index in [1.165, 1.54) is 11.8 Å². The molecule has 0 aromatic heterocycles. The highest BCUT2D eigenvalue weighted by atomic mass is 35.5. The average molecular weight is 702 g/mol. The molecule has 0 atom stereocenters. The summed E-state index contributed by atoms with van der Waals surface area (Å²) in [5.74, 6) is 0.536. The van der Waals surface area contributed by atoms with Gasteiger partial charge < -0.3 is 10.2 Å². The first-order chi connectivity index (χ1) is 23.1. The summed E-state index contributed by atoms with van der Waals surface area (Å²) in [6, 6.07) is 29.4. The van der Waals surface area contributed by atoms with Crippen molar-refractivity contribution in [3.05, 3.63) is 123 Å². The predicted molar refractivity (Wildman–Crippen MR) is 198 cm³/mol. The fourth-order valence-corrected chi connectivity index (χ4v) is 8.09. The van der Waals surface area contributed by atoms with Crippen molar-refractivity contribution < 1.29 is 13.2 Å². The number of carbonyl (C=O) groups excluding carboxylic acids is 1. The first kappa shape index (κ1) is 34.4. The zero-order chi connectivity index (χ0) is 33.7. The number of hydrogen-bond acceptors (Lipinski definition) is 4. The zero-order valence-corrected chi connectivity index (χ0v) is 29.6. The van der Waals surface area contributed by atoms with Gasteiger partial charge >= 0.3 is 0 Å². The van der Waals surface area contributed by atoms with E-state index in [1.54, 1.807) is 18.2 Å². The smallest absolute Gasteiger partial charge is 0.252 e. The van der Waals surface area contributed by atoms with Gasteiger partial charge in [0.2, 0.25) is 0 Å². The Hall–Kier alpha value is -3.42. The third-order valence-electron chi connectivity index (χ3n) is 9.85. The lowest BCUT2D eigenvalue weighted by Gasteiger charge is -2.31. The van der Waals surface area contributed by atoms with Gasteiger partial charge in [-0.1, -0.05) is 89.9 Å². The molecule has 1 aliphatic carbocycles. The molecule has 5 nitrogen and oxygen atoms in total. The molecule has 0 radical (unpaired) electrons. The summed E-state index contributed by atoms with van der Waals surface area (Å²) in [4.78, 5) is 16.8. The summed E-state index contributed by atoms with van der Waals surface area (Å²) in [5, 5.41) is 4.40. The van der Waals surface area contributed by atoms with E-state index in [4.69, 9.17) is 23.2 Å². The number of nitrogens with one attached hydrogen (secondary N) is 1. The minimum absolute atomic E-state index is 0.0971. The van der Waals surface area contributed by atoms with Crippen LogP contribution in [0.25, 0.3) is 22.8 Å². The van der Waals surface area contributed by atoms with Crippen molar-refractivity contribution >= 4 is 50.6 Å². The minimum Gasteiger partial charge on any atom is -0.349 e. The molecule has 1 amide bonds. The van der Waals surface area contributed by atoms with Gasteiger partial charge in [0.15, 0.2) is 9.84 Å². The van der Waals surface area contributed by atoms with Gasteiger partial charge in [0.05, 0.1) is 4.90 Å². The molecule has 0 bridgehead atoms. The SMILES string of the molecule is CS(=O)(=O)c1ccc2c(c1)CCN(CCC1CCC(NC(=O)C(=Cc3ccc(Cl)cc3Cl)c3ccc(-c4ccccc4)cc3)CC1)CC2. The average Bonchev–Trinajstić information content (AvgIpc) is 3.29. The Morgan fingerprint density at radius 3 is 2.21 bits per heavy atom. The van der Waals surface area contributed by atoms with Crippen LogP contribution in [0, 0.1) is 5.92 Å². The Bertz CT molecular complexity index is 1880. The second-order valence-electron chi connectivity index (χ2n) is 13.2. The summed E-state index contributed by atoms with van der Waals surface area (Å²) >= 11 is 12.7. The van der Waals surface area contributed by atoms with Crippen LogP contribution in [0.3, 0.4) is 0 Å². The second-order valence-corrected chi connectivity index (χ2v) is 16.1. The molecule has 1 aliphatic heterocycles. The van der Waals surface area contributed by atoms with Gasteiger partial charge in [0.25, 0.3) is 5.91 Å². The molecule has 0 saturated heterocycles. The highest BCUT2D eigenvalue weighted by molar-refractivity contribution is 7.90. The van der Waals surface area contributed by atoms with Gasteiger partial charge in [0, 0.05) is 41.0 Å². The van der Waals surface area contributed by atoms with Crippen molar-refractivity contribution in [3.63, 3.8) is 0 Å². The van der Waals surface area contributed by atoms with E-state index >= 15 is 0 Å². The van der Waals surface area contributed by atoms with Crippen LogP contribution >= 0.6 is 23.2 Å². The molecule has 0 spiro atoms. The van der Waals surface area contributed by atoms with Crippen LogP contribution in [0.4, 0.5) is 0 Å². The summed E-state index contributed by atoms with van der Waals surface area (Å²) in [6.07, 6.45) is 10.2. The Kier molecular flexibility index (Phi) is 11.1. The molecular formula is C40H42Cl2N2O3S. The van der Waals surface area contributed by atoms with Crippen LogP contribution in [0.15, 0.2) is 95.9 Å². The largest absolute Gasteiger partial charge is 0.349 e. The van der Waals surface area contributed by atoms with E-state index in [2.05, 4.69) is 34.5 Å². The number of nitrogens with zero attached hydrogens (tertiary/aromatic N) is 1. The lowest BCUT2D eigenvalue weighted by Crippen LogP contribution is -2.38. The standard InChI is InChI=1S/C40H42Cl2N2O3S/c1-48(46,47)37-18-14-31-20-23-44(24-21-33(31)25-37)22-19-28-7-16-36(17-8-28)43-40(45)38(26-34-13-15-35(41)27-39(34)42)32-11-9-30(10-12-32)29-5-3-2-4-6-29/h2-6,9-15,18,25-28,36H,7-8,16-17,19-24H2,1H3,(H,43,45). The predicted octanol–water partition coefficient (Wildman–Crippen LogP) is 8.77. The van der Waals surface area contributed by atoms with Gasteiger partial charge in [-0.25, -0.2) is 8.42 Å². The summed E-state index contributed by atoms with van der Waals surface area (Å²) in [5.41, 5.74) is 6.80. The van der Waals surface area contributed by atoms with Crippen LogP contribution in [-0.4, -0.2) is 51.2 Å². The van der Waals surface area contributed by atoms with Crippen molar-refractivity contribution in [2.45, 2.75) is 55.9 Å². The Labute approximate surface area is 294 Å². The molecule has 48 heavy (non-hydrogen) atoms. The molecule has 8 heteroatoms. The highest BCUT2D eigenvalue weighted by Gasteiger charge is 2.25. The molecule has 6 rings (SSSR count). The molecule has 250 valence electrons. The molecule has 0 unspecified atom stereocenters. The van der Waals surface area contributed by atoms with Crippen LogP contribution < -0.4 is 5.32 Å². The van der Waals surface area contributed by atoms with Crippen molar-refractivity contribution in [3.8, 4) is 11.1 Å². The first-order valence-corrected chi connectivity index (χ1v) is 19.4. The van der Waals surface area contributed by atoms with Gasteiger partial charge in [-0.15, -0.1) is 0 Å². The number of sulfone groups is 1. The lowest BCUT2D eigenvalue weighted by molar-refractivity contribution is -0.116. The fourth-order valence-electron chi connectivity index (χ4n) is 6.95. The van der Waals surface area contributed by atoms with Crippen molar-refractivity contribution in [2.75, 3.05) is 25.9 Å². The lowest BCUT2D eigenvalue weighted by atomic mass is 9.83. The summed E-state index contributed by atoms with van der Waals surface area (Å²) in [6.45, 7) is 2.99. The topological polar surface area (TPSA) is 66.5 Å². The van der Waals surface area contributed by atoms with E-state index < -0.39 is 9.84 Å². The van der Waals surface area contributed by atoms with Crippen LogP contribution in [0.5, 0.6) is 0 Å². The molecule has 1 saturated carbocycles. The zero-order valence-electron chi connectivity index (χ0n) is 27.3. The maximum atomic E-state index is 13.9. The monoisotopic (exact) mass is 700 g/mol. The minimum atomic E-state index is -3.20. The Morgan fingerprint density at radius 2 is 1.52 bits per heavy atom. The van der Waals surface area contributed by atoms with E-state index in [9.17, 15) is 13.2 Å². The van der Waals surface area contributed by atoms with Gasteiger partial charge in [-0.2, -0.15) is 0 Å². The maximum Gasteiger partial charge on any atom is 0.252 e. The normalized spacial score (nSPS) is 18.9. The van der Waals surface area contributed by atoms with Gasteiger partial charge in [-0.3, -0.25) is 4.79 Å². The molecule has 1 fully saturated rings. The quantitative estimate of drug-likeness (QED) is 0.140. The maximum absolute atomic E-state index is 13.9. The summed E-state index contributed by atoms with van der Waals surface area (Å²) < 4.78 is 24.1. The van der Waals surface area contributed by atoms with Crippen LogP contribution in [-0.2, 0) is 27.5 Å². The van der Waals surface area contributed by atoms with Crippen molar-refractivity contribution in [1.82, 2.24) is 10.2 Å². The molecule has 1 N–H and O–H groups in total. The van der Waals surface area contributed by atoms with E-state index in [1.807, 2.05) is 54.6 Å².